The Kier molecular flexibility index (Phi) is 4.54. The molecule has 6 heteroatoms. The second kappa shape index (κ2) is 7.15. The van der Waals surface area contributed by atoms with Crippen molar-refractivity contribution in [1.82, 2.24) is 4.98 Å². The third-order valence-corrected chi connectivity index (χ3v) is 4.85. The predicted molar refractivity (Wildman–Crippen MR) is 104 cm³/mol. The number of hydrogen-bond acceptors (Lipinski definition) is 3. The number of aromatic amines is 1. The van der Waals surface area contributed by atoms with Crippen molar-refractivity contribution >= 4 is 28.4 Å². The number of carbonyl (C=O) groups excluding carboxylic acids is 2. The second-order valence-electron chi connectivity index (χ2n) is 6.78. The molecule has 4 N–H and O–H groups in total. The number of ether oxygens (including phenoxy) is 1. The van der Waals surface area contributed by atoms with Gasteiger partial charge in [-0.2, -0.15) is 0 Å². The first-order valence-corrected chi connectivity index (χ1v) is 9.06. The molecular formula is C21H21N3O3. The van der Waals surface area contributed by atoms with Crippen LogP contribution in [0.4, 0.5) is 5.69 Å². The monoisotopic (exact) mass is 363 g/mol. The zero-order chi connectivity index (χ0) is 18.8. The van der Waals surface area contributed by atoms with Crippen molar-refractivity contribution < 1.29 is 14.3 Å². The normalized spacial score (nSPS) is 13.2. The number of rotatable bonds is 5. The summed E-state index contributed by atoms with van der Waals surface area (Å²) in [5.74, 6) is -0.171. The van der Waals surface area contributed by atoms with Gasteiger partial charge < -0.3 is 20.8 Å². The van der Waals surface area contributed by atoms with Gasteiger partial charge in [-0.1, -0.05) is 0 Å². The van der Waals surface area contributed by atoms with Crippen LogP contribution in [0, 0.1) is 0 Å². The molecule has 0 bridgehead atoms. The lowest BCUT2D eigenvalue weighted by molar-refractivity contribution is -0.119. The summed E-state index contributed by atoms with van der Waals surface area (Å²) in [6, 6.07) is 12.6. The molecule has 2 amide bonds. The Balaban J connectivity index is 1.50. The maximum absolute atomic E-state index is 12.6. The van der Waals surface area contributed by atoms with Gasteiger partial charge in [-0.15, -0.1) is 0 Å². The number of nitrogens with two attached hydrogens (primary N) is 1. The summed E-state index contributed by atoms with van der Waals surface area (Å²) in [4.78, 5) is 26.9. The van der Waals surface area contributed by atoms with Crippen LogP contribution in [0.1, 0.15) is 34.5 Å². The quantitative estimate of drug-likeness (QED) is 0.649. The molecule has 27 heavy (non-hydrogen) atoms. The van der Waals surface area contributed by atoms with E-state index < -0.39 is 5.91 Å². The van der Waals surface area contributed by atoms with Crippen LogP contribution in [0.25, 0.3) is 10.9 Å². The fourth-order valence-corrected chi connectivity index (χ4v) is 3.54. The number of aryl methyl sites for hydroxylation is 2. The molecule has 1 aliphatic carbocycles. The van der Waals surface area contributed by atoms with Crippen molar-refractivity contribution in [3.8, 4) is 5.75 Å². The van der Waals surface area contributed by atoms with Gasteiger partial charge in [-0.25, -0.2) is 0 Å². The summed E-state index contributed by atoms with van der Waals surface area (Å²) in [6.07, 6.45) is 4.55. The summed E-state index contributed by atoms with van der Waals surface area (Å²) >= 11 is 0. The molecule has 138 valence electrons. The van der Waals surface area contributed by atoms with E-state index in [1.54, 1.807) is 24.3 Å². The smallest absolute Gasteiger partial charge is 0.255 e. The minimum absolute atomic E-state index is 0.159. The van der Waals surface area contributed by atoms with Gasteiger partial charge in [0.1, 0.15) is 5.75 Å². The number of carbonyl (C=O) groups is 2. The Morgan fingerprint density at radius 3 is 2.63 bits per heavy atom. The zero-order valence-corrected chi connectivity index (χ0v) is 14.9. The molecule has 1 aromatic heterocycles. The maximum atomic E-state index is 12.6. The van der Waals surface area contributed by atoms with Crippen molar-refractivity contribution in [2.75, 3.05) is 11.9 Å². The van der Waals surface area contributed by atoms with Gasteiger partial charge >= 0.3 is 0 Å². The number of nitrogens with one attached hydrogen (secondary N) is 2. The van der Waals surface area contributed by atoms with Crippen LogP contribution in [0.3, 0.4) is 0 Å². The number of anilines is 1. The molecule has 0 atom stereocenters. The van der Waals surface area contributed by atoms with Gasteiger partial charge in [-0.3, -0.25) is 9.59 Å². The Bertz CT molecular complexity index is 1010. The van der Waals surface area contributed by atoms with Gasteiger partial charge in [0.05, 0.1) is 0 Å². The van der Waals surface area contributed by atoms with Crippen molar-refractivity contribution in [3.63, 3.8) is 0 Å². The summed E-state index contributed by atoms with van der Waals surface area (Å²) < 4.78 is 5.21. The molecule has 0 saturated heterocycles. The van der Waals surface area contributed by atoms with Crippen molar-refractivity contribution in [3.05, 3.63) is 59.3 Å². The Morgan fingerprint density at radius 2 is 1.85 bits per heavy atom. The largest absolute Gasteiger partial charge is 0.484 e. The highest BCUT2D eigenvalue weighted by Gasteiger charge is 2.17. The molecule has 0 fully saturated rings. The SMILES string of the molecule is NC(=O)COc1ccc(NC(=O)c2ccc3[nH]c4c(c3c2)CCCC4)cc1. The highest BCUT2D eigenvalue weighted by Crippen LogP contribution is 2.30. The lowest BCUT2D eigenvalue weighted by Gasteiger charge is -2.11. The van der Waals surface area contributed by atoms with E-state index in [1.807, 2.05) is 18.2 Å². The Morgan fingerprint density at radius 1 is 1.07 bits per heavy atom. The van der Waals surface area contributed by atoms with Crippen LogP contribution in [-0.4, -0.2) is 23.4 Å². The minimum Gasteiger partial charge on any atom is -0.484 e. The van der Waals surface area contributed by atoms with Crippen LogP contribution in [0.15, 0.2) is 42.5 Å². The van der Waals surface area contributed by atoms with Crippen LogP contribution < -0.4 is 15.8 Å². The maximum Gasteiger partial charge on any atom is 0.255 e. The van der Waals surface area contributed by atoms with E-state index in [9.17, 15) is 9.59 Å². The van der Waals surface area contributed by atoms with Crippen molar-refractivity contribution in [2.45, 2.75) is 25.7 Å². The third-order valence-electron chi connectivity index (χ3n) is 4.85. The van der Waals surface area contributed by atoms with Crippen molar-refractivity contribution in [2.24, 2.45) is 5.73 Å². The van der Waals surface area contributed by atoms with E-state index >= 15 is 0 Å². The number of hydrogen-bond donors (Lipinski definition) is 3. The molecule has 0 unspecified atom stereocenters. The van der Waals surface area contributed by atoms with Gasteiger partial charge in [0, 0.05) is 27.8 Å². The first-order chi connectivity index (χ1) is 13.1. The highest BCUT2D eigenvalue weighted by atomic mass is 16.5. The molecule has 6 nitrogen and oxygen atoms in total. The van der Waals surface area contributed by atoms with Gasteiger partial charge in [0.25, 0.3) is 11.8 Å². The van der Waals surface area contributed by atoms with E-state index in [-0.39, 0.29) is 12.5 Å². The van der Waals surface area contributed by atoms with Gasteiger partial charge in [-0.05, 0) is 73.7 Å². The van der Waals surface area contributed by atoms with Crippen LogP contribution in [0.2, 0.25) is 0 Å². The minimum atomic E-state index is -0.533. The lowest BCUT2D eigenvalue weighted by Crippen LogP contribution is -2.20. The molecule has 3 aromatic rings. The lowest BCUT2D eigenvalue weighted by atomic mass is 9.95. The summed E-state index contributed by atoms with van der Waals surface area (Å²) in [7, 11) is 0. The third kappa shape index (κ3) is 3.65. The van der Waals surface area contributed by atoms with Crippen molar-refractivity contribution in [1.29, 1.82) is 0 Å². The molecular weight excluding hydrogens is 342 g/mol. The molecule has 0 saturated carbocycles. The Labute approximate surface area is 156 Å². The Hall–Kier alpha value is -3.28. The summed E-state index contributed by atoms with van der Waals surface area (Å²) in [6.45, 7) is -0.174. The predicted octanol–water partition coefficient (Wildman–Crippen LogP) is 3.16. The number of primary amides is 1. The average molecular weight is 363 g/mol. The number of aromatic nitrogens is 1. The van der Waals surface area contributed by atoms with E-state index in [2.05, 4.69) is 10.3 Å². The molecule has 4 rings (SSSR count). The van der Waals surface area contributed by atoms with E-state index in [4.69, 9.17) is 10.5 Å². The van der Waals surface area contributed by atoms with Crippen LogP contribution in [-0.2, 0) is 17.6 Å². The first-order valence-electron chi connectivity index (χ1n) is 9.06. The number of H-pyrrole nitrogens is 1. The average Bonchev–Trinajstić information content (AvgIpc) is 3.05. The molecule has 1 aliphatic rings. The number of benzene rings is 2. The fourth-order valence-electron chi connectivity index (χ4n) is 3.54. The van der Waals surface area contributed by atoms with E-state index in [1.165, 1.54) is 24.1 Å². The fraction of sp³-hybridized carbons (Fsp3) is 0.238. The topological polar surface area (TPSA) is 97.2 Å². The van der Waals surface area contributed by atoms with E-state index in [0.29, 0.717) is 17.0 Å². The van der Waals surface area contributed by atoms with Gasteiger partial charge in [0.2, 0.25) is 0 Å². The highest BCUT2D eigenvalue weighted by molar-refractivity contribution is 6.06. The summed E-state index contributed by atoms with van der Waals surface area (Å²) in [5, 5.41) is 4.04. The number of fused-ring (bicyclic) bond motifs is 3. The zero-order valence-electron chi connectivity index (χ0n) is 14.9. The van der Waals surface area contributed by atoms with Gasteiger partial charge in [0.15, 0.2) is 6.61 Å². The second-order valence-corrected chi connectivity index (χ2v) is 6.78. The summed E-state index contributed by atoms with van der Waals surface area (Å²) in [5.41, 5.74) is 10.1. The molecule has 0 spiro atoms. The first kappa shape index (κ1) is 17.1. The molecule has 0 aliphatic heterocycles. The standard InChI is InChI=1S/C21H21N3O3/c22-20(25)12-27-15-8-6-14(7-9-15)23-21(26)13-5-10-19-17(11-13)16-3-1-2-4-18(16)24-19/h5-11,24H,1-4,12H2,(H2,22,25)(H,23,26). The molecule has 1 heterocycles. The van der Waals surface area contributed by atoms with Crippen LogP contribution in [0.5, 0.6) is 5.75 Å². The number of amides is 2. The molecule has 2 aromatic carbocycles. The van der Waals surface area contributed by atoms with Crippen LogP contribution >= 0.6 is 0 Å². The molecule has 0 radical (unpaired) electrons. The van der Waals surface area contributed by atoms with E-state index in [0.717, 1.165) is 23.7 Å².